The van der Waals surface area contributed by atoms with Gasteiger partial charge in [0.25, 0.3) is 0 Å². The van der Waals surface area contributed by atoms with Crippen molar-refractivity contribution in [2.24, 2.45) is 0 Å². The lowest BCUT2D eigenvalue weighted by Crippen LogP contribution is -2.50. The second-order valence-electron chi connectivity index (χ2n) is 5.73. The molecule has 6 heteroatoms. The molecule has 1 saturated heterocycles. The maximum absolute atomic E-state index is 13.0. The summed E-state index contributed by atoms with van der Waals surface area (Å²) in [6.45, 7) is 4.21. The average molecular weight is 362 g/mol. The van der Waals surface area contributed by atoms with Crippen LogP contribution in [0.5, 0.6) is 0 Å². The number of piperazine rings is 1. The second-order valence-corrected chi connectivity index (χ2v) is 7.52. The topological polar surface area (TPSA) is 45.2 Å². The molecule has 2 heterocycles. The lowest BCUT2D eigenvalue weighted by Gasteiger charge is -2.37. The number of hydrogen-bond acceptors (Lipinski definition) is 4. The fourth-order valence-electron chi connectivity index (χ4n) is 2.85. The molecule has 1 N–H and O–H groups in total. The molecule has 1 aromatic heterocycles. The van der Waals surface area contributed by atoms with E-state index in [-0.39, 0.29) is 17.2 Å². The fraction of sp³-hybridized carbons (Fsp3) is 0.333. The Morgan fingerprint density at radius 1 is 1.38 bits per heavy atom. The molecule has 1 fully saturated rings. The Hall–Kier alpha value is -1.56. The lowest BCUT2D eigenvalue weighted by molar-refractivity contribution is -0.133. The highest BCUT2D eigenvalue weighted by atomic mass is 35.5. The first-order valence-electron chi connectivity index (χ1n) is 7.99. The molecule has 1 amide bonds. The molecule has 0 radical (unpaired) electrons. The van der Waals surface area contributed by atoms with E-state index in [1.54, 1.807) is 6.20 Å². The van der Waals surface area contributed by atoms with Gasteiger partial charge < -0.3 is 10.2 Å². The van der Waals surface area contributed by atoms with E-state index in [0.29, 0.717) is 11.6 Å². The summed E-state index contributed by atoms with van der Waals surface area (Å²) in [5, 5.41) is 3.86. The minimum Gasteiger partial charge on any atom is -0.332 e. The van der Waals surface area contributed by atoms with Crippen molar-refractivity contribution in [1.29, 1.82) is 0 Å². The van der Waals surface area contributed by atoms with Crippen LogP contribution in [-0.4, -0.2) is 40.7 Å². The molecule has 2 unspecified atom stereocenters. The Morgan fingerprint density at radius 2 is 2.21 bits per heavy atom. The van der Waals surface area contributed by atoms with Crippen LogP contribution in [0.25, 0.3) is 0 Å². The summed E-state index contributed by atoms with van der Waals surface area (Å²) in [6, 6.07) is 11.6. The van der Waals surface area contributed by atoms with Crippen LogP contribution in [0.3, 0.4) is 0 Å². The SMILES string of the molecule is CC(Sc1ccccc1Cl)C(=O)N1CCNCC1c1cccnc1. The van der Waals surface area contributed by atoms with Crippen LogP contribution in [0.2, 0.25) is 5.02 Å². The molecule has 0 saturated carbocycles. The molecule has 1 aliphatic heterocycles. The minimum atomic E-state index is -0.192. The van der Waals surface area contributed by atoms with Gasteiger partial charge in [0.15, 0.2) is 0 Å². The van der Waals surface area contributed by atoms with Gasteiger partial charge in [-0.2, -0.15) is 0 Å². The average Bonchev–Trinajstić information content (AvgIpc) is 2.63. The third kappa shape index (κ3) is 3.91. The molecule has 3 rings (SSSR count). The first-order valence-corrected chi connectivity index (χ1v) is 9.25. The van der Waals surface area contributed by atoms with E-state index in [2.05, 4.69) is 10.3 Å². The molecular weight excluding hydrogens is 342 g/mol. The monoisotopic (exact) mass is 361 g/mol. The van der Waals surface area contributed by atoms with E-state index in [1.165, 1.54) is 11.8 Å². The van der Waals surface area contributed by atoms with Gasteiger partial charge in [-0.25, -0.2) is 0 Å². The summed E-state index contributed by atoms with van der Waals surface area (Å²) < 4.78 is 0. The Balaban J connectivity index is 1.75. The smallest absolute Gasteiger partial charge is 0.236 e. The first-order chi connectivity index (χ1) is 11.7. The number of aromatic nitrogens is 1. The number of carbonyl (C=O) groups is 1. The number of nitrogens with zero attached hydrogens (tertiary/aromatic N) is 2. The van der Waals surface area contributed by atoms with Gasteiger partial charge in [0.2, 0.25) is 5.91 Å². The molecule has 126 valence electrons. The maximum atomic E-state index is 13.0. The first kappa shape index (κ1) is 17.3. The summed E-state index contributed by atoms with van der Waals surface area (Å²) in [5.74, 6) is 0.135. The van der Waals surface area contributed by atoms with Crippen LogP contribution in [-0.2, 0) is 4.79 Å². The van der Waals surface area contributed by atoms with Gasteiger partial charge in [0, 0.05) is 36.9 Å². The Bertz CT molecular complexity index is 698. The quantitative estimate of drug-likeness (QED) is 0.848. The van der Waals surface area contributed by atoms with Crippen LogP contribution in [0.4, 0.5) is 0 Å². The maximum Gasteiger partial charge on any atom is 0.236 e. The lowest BCUT2D eigenvalue weighted by atomic mass is 10.0. The normalized spacial score (nSPS) is 19.1. The number of halogens is 1. The summed E-state index contributed by atoms with van der Waals surface area (Å²) in [7, 11) is 0. The van der Waals surface area contributed by atoms with Gasteiger partial charge in [0.05, 0.1) is 16.3 Å². The number of rotatable bonds is 4. The number of carbonyl (C=O) groups excluding carboxylic acids is 1. The van der Waals surface area contributed by atoms with E-state index in [1.807, 2.05) is 54.4 Å². The van der Waals surface area contributed by atoms with Crippen LogP contribution >= 0.6 is 23.4 Å². The van der Waals surface area contributed by atoms with E-state index in [9.17, 15) is 4.79 Å². The number of thioether (sulfide) groups is 1. The van der Waals surface area contributed by atoms with Crippen LogP contribution in [0, 0.1) is 0 Å². The van der Waals surface area contributed by atoms with Gasteiger partial charge in [0.1, 0.15) is 0 Å². The van der Waals surface area contributed by atoms with E-state index >= 15 is 0 Å². The molecular formula is C18H20ClN3OS. The fourth-order valence-corrected chi connectivity index (χ4v) is 4.08. The van der Waals surface area contributed by atoms with Crippen LogP contribution in [0.1, 0.15) is 18.5 Å². The Labute approximate surface area is 151 Å². The van der Waals surface area contributed by atoms with Crippen molar-refractivity contribution in [1.82, 2.24) is 15.2 Å². The molecule has 2 aromatic rings. The highest BCUT2D eigenvalue weighted by molar-refractivity contribution is 8.00. The zero-order valence-corrected chi connectivity index (χ0v) is 15.1. The minimum absolute atomic E-state index is 0.0224. The summed E-state index contributed by atoms with van der Waals surface area (Å²) in [6.07, 6.45) is 3.59. The van der Waals surface area contributed by atoms with E-state index < -0.39 is 0 Å². The standard InChI is InChI=1S/C18H20ClN3OS/c1-13(24-17-7-3-2-6-15(17)19)18(23)22-10-9-21-12-16(22)14-5-4-8-20-11-14/h2-8,11,13,16,21H,9-10,12H2,1H3. The summed E-state index contributed by atoms with van der Waals surface area (Å²) >= 11 is 7.73. The van der Waals surface area contributed by atoms with Crippen molar-refractivity contribution < 1.29 is 4.79 Å². The Kier molecular flexibility index (Phi) is 5.76. The summed E-state index contributed by atoms with van der Waals surface area (Å²) in [4.78, 5) is 20.1. The number of hydrogen-bond donors (Lipinski definition) is 1. The van der Waals surface area contributed by atoms with E-state index in [4.69, 9.17) is 11.6 Å². The molecule has 0 spiro atoms. The number of amides is 1. The van der Waals surface area contributed by atoms with Crippen LogP contribution < -0.4 is 5.32 Å². The van der Waals surface area contributed by atoms with Gasteiger partial charge in [-0.15, -0.1) is 11.8 Å². The Morgan fingerprint density at radius 3 is 2.96 bits per heavy atom. The molecule has 4 nitrogen and oxygen atoms in total. The molecule has 1 aromatic carbocycles. The number of pyridine rings is 1. The molecule has 24 heavy (non-hydrogen) atoms. The second kappa shape index (κ2) is 8.01. The van der Waals surface area contributed by atoms with Crippen molar-refractivity contribution in [3.63, 3.8) is 0 Å². The molecule has 0 bridgehead atoms. The third-order valence-corrected chi connectivity index (χ3v) is 5.69. The largest absolute Gasteiger partial charge is 0.332 e. The highest BCUT2D eigenvalue weighted by Gasteiger charge is 2.31. The summed E-state index contributed by atoms with van der Waals surface area (Å²) in [5.41, 5.74) is 1.06. The number of benzene rings is 1. The highest BCUT2D eigenvalue weighted by Crippen LogP contribution is 2.32. The number of nitrogens with one attached hydrogen (secondary N) is 1. The van der Waals surface area contributed by atoms with Crippen molar-refractivity contribution in [2.75, 3.05) is 19.6 Å². The molecule has 0 aliphatic carbocycles. The van der Waals surface area contributed by atoms with Crippen LogP contribution in [0.15, 0.2) is 53.7 Å². The van der Waals surface area contributed by atoms with Gasteiger partial charge >= 0.3 is 0 Å². The predicted molar refractivity (Wildman–Crippen MR) is 98.3 cm³/mol. The van der Waals surface area contributed by atoms with Crippen molar-refractivity contribution in [3.8, 4) is 0 Å². The van der Waals surface area contributed by atoms with Crippen molar-refractivity contribution in [2.45, 2.75) is 23.1 Å². The van der Waals surface area contributed by atoms with Gasteiger partial charge in [-0.1, -0.05) is 29.8 Å². The van der Waals surface area contributed by atoms with Crippen molar-refractivity contribution in [3.05, 3.63) is 59.4 Å². The zero-order valence-electron chi connectivity index (χ0n) is 13.5. The molecule has 1 aliphatic rings. The van der Waals surface area contributed by atoms with E-state index in [0.717, 1.165) is 23.5 Å². The predicted octanol–water partition coefficient (Wildman–Crippen LogP) is 3.39. The molecule has 2 atom stereocenters. The third-order valence-electron chi connectivity index (χ3n) is 4.08. The van der Waals surface area contributed by atoms with Gasteiger partial charge in [-0.05, 0) is 30.7 Å². The zero-order chi connectivity index (χ0) is 16.9. The van der Waals surface area contributed by atoms with Gasteiger partial charge in [-0.3, -0.25) is 9.78 Å². The van der Waals surface area contributed by atoms with Crippen molar-refractivity contribution >= 4 is 29.3 Å².